The molecule has 2 rings (SSSR count). The molecule has 0 amide bonds. The Balaban J connectivity index is 2.48. The minimum Gasteiger partial charge on any atom is -0.545 e. The van der Waals surface area contributed by atoms with E-state index < -0.39 is 16.0 Å². The molecule has 0 aliphatic carbocycles. The molecular weight excluding hydrogens is 304 g/mol. The summed E-state index contributed by atoms with van der Waals surface area (Å²) in [5.74, 6) is -1.45. The number of rotatable bonds is 5. The predicted molar refractivity (Wildman–Crippen MR) is 70.2 cm³/mol. The highest BCUT2D eigenvalue weighted by Gasteiger charge is 2.21. The average Bonchev–Trinajstić information content (AvgIpc) is 2.90. The number of carbonyl (C=O) groups is 1. The normalized spacial score (nSPS) is 11.1. The fourth-order valence-corrected chi connectivity index (χ4v) is 3.44. The number of ether oxygens (including phenoxy) is 1. The van der Waals surface area contributed by atoms with E-state index in [4.69, 9.17) is 4.74 Å². The number of aromatic carboxylic acids is 1. The van der Waals surface area contributed by atoms with Gasteiger partial charge in [0, 0.05) is 11.6 Å². The highest BCUT2D eigenvalue weighted by molar-refractivity contribution is 7.93. The lowest BCUT2D eigenvalue weighted by Gasteiger charge is -2.12. The Kier molecular flexibility index (Phi) is 3.91. The molecule has 1 N–H and O–H groups in total. The summed E-state index contributed by atoms with van der Waals surface area (Å²) < 4.78 is 31.6. The number of hydrogen-bond acceptors (Lipinski definition) is 7. The monoisotopic (exact) mass is 313 g/mol. The first-order valence-electron chi connectivity index (χ1n) is 5.26. The molecule has 7 nitrogen and oxygen atoms in total. The summed E-state index contributed by atoms with van der Waals surface area (Å²) in [5.41, 5.74) is -0.259. The third-order valence-corrected chi connectivity index (χ3v) is 4.52. The lowest BCUT2D eigenvalue weighted by atomic mass is 10.2. The summed E-state index contributed by atoms with van der Waals surface area (Å²) in [7, 11) is -2.71. The van der Waals surface area contributed by atoms with E-state index in [2.05, 4.69) is 9.71 Å². The van der Waals surface area contributed by atoms with E-state index >= 15 is 0 Å². The van der Waals surface area contributed by atoms with E-state index in [0.717, 1.165) is 17.4 Å². The minimum atomic E-state index is -4.00. The van der Waals surface area contributed by atoms with E-state index in [1.165, 1.54) is 25.4 Å². The topological polar surface area (TPSA) is 108 Å². The Bertz CT molecular complexity index is 725. The Morgan fingerprint density at radius 1 is 1.45 bits per heavy atom. The van der Waals surface area contributed by atoms with Crippen molar-refractivity contribution in [2.24, 2.45) is 0 Å². The predicted octanol–water partition coefficient (Wildman–Crippen LogP) is 0.316. The van der Waals surface area contributed by atoms with E-state index in [0.29, 0.717) is 0 Å². The number of anilines is 1. The lowest BCUT2D eigenvalue weighted by molar-refractivity contribution is -0.255. The molecule has 0 unspecified atom stereocenters. The molecule has 9 heteroatoms. The Labute approximate surface area is 118 Å². The van der Waals surface area contributed by atoms with E-state index in [-0.39, 0.29) is 21.3 Å². The number of thiazole rings is 1. The maximum Gasteiger partial charge on any atom is 0.267 e. The van der Waals surface area contributed by atoms with Gasteiger partial charge in [0.15, 0.2) is 5.13 Å². The fourth-order valence-electron chi connectivity index (χ4n) is 1.46. The van der Waals surface area contributed by atoms with Crippen molar-refractivity contribution < 1.29 is 23.1 Å². The van der Waals surface area contributed by atoms with Gasteiger partial charge in [0.05, 0.1) is 13.1 Å². The number of carbonyl (C=O) groups excluding carboxylic acids is 1. The summed E-state index contributed by atoms with van der Waals surface area (Å²) >= 11 is 1.10. The van der Waals surface area contributed by atoms with Gasteiger partial charge < -0.3 is 14.6 Å². The van der Waals surface area contributed by atoms with E-state index in [9.17, 15) is 18.3 Å². The van der Waals surface area contributed by atoms with Gasteiger partial charge in [-0.2, -0.15) is 0 Å². The molecule has 0 fully saturated rings. The van der Waals surface area contributed by atoms with Gasteiger partial charge in [-0.15, -0.1) is 11.3 Å². The third-order valence-electron chi connectivity index (χ3n) is 2.34. The smallest absolute Gasteiger partial charge is 0.267 e. The molecule has 2 aromatic rings. The molecule has 1 aromatic carbocycles. The second-order valence-corrected chi connectivity index (χ2v) is 6.14. The molecule has 1 aromatic heterocycles. The first-order chi connectivity index (χ1) is 9.44. The lowest BCUT2D eigenvalue weighted by Crippen LogP contribution is -2.23. The van der Waals surface area contributed by atoms with Crippen LogP contribution in [-0.2, 0) is 10.0 Å². The fraction of sp³-hybridized carbons (Fsp3) is 0.0909. The van der Waals surface area contributed by atoms with Crippen LogP contribution in [0.2, 0.25) is 0 Å². The van der Waals surface area contributed by atoms with E-state index in [1.807, 2.05) is 0 Å². The second kappa shape index (κ2) is 5.47. The van der Waals surface area contributed by atoms with Crippen molar-refractivity contribution >= 4 is 32.5 Å². The zero-order chi connectivity index (χ0) is 14.8. The van der Waals surface area contributed by atoms with Crippen LogP contribution in [0.15, 0.2) is 34.7 Å². The Hall–Kier alpha value is -2.13. The number of nitrogens with zero attached hydrogens (tertiary/aromatic N) is 1. The van der Waals surface area contributed by atoms with Gasteiger partial charge in [0.25, 0.3) is 10.0 Å². The molecule has 1 heterocycles. The van der Waals surface area contributed by atoms with Gasteiger partial charge in [-0.3, -0.25) is 4.72 Å². The van der Waals surface area contributed by atoms with Crippen LogP contribution in [0.5, 0.6) is 5.75 Å². The molecule has 0 atom stereocenters. The van der Waals surface area contributed by atoms with Gasteiger partial charge in [0.1, 0.15) is 10.6 Å². The van der Waals surface area contributed by atoms with Crippen molar-refractivity contribution in [3.63, 3.8) is 0 Å². The number of hydrogen-bond donors (Lipinski definition) is 1. The molecule has 0 aliphatic rings. The van der Waals surface area contributed by atoms with Crippen molar-refractivity contribution in [1.82, 2.24) is 4.98 Å². The quantitative estimate of drug-likeness (QED) is 0.851. The first-order valence-corrected chi connectivity index (χ1v) is 7.62. The number of benzene rings is 1. The summed E-state index contributed by atoms with van der Waals surface area (Å²) in [6.07, 6.45) is 1.44. The number of methoxy groups -OCH3 is 1. The SMILES string of the molecule is COc1ccc(C(=O)[O-])cc1S(=O)(=O)Nc1nccs1. The van der Waals surface area contributed by atoms with Crippen LogP contribution in [0.25, 0.3) is 0 Å². The Morgan fingerprint density at radius 2 is 2.20 bits per heavy atom. The molecule has 0 spiro atoms. The van der Waals surface area contributed by atoms with Gasteiger partial charge in [-0.1, -0.05) is 0 Å². The standard InChI is InChI=1S/C11H10N2O5S2/c1-18-8-3-2-7(10(14)15)6-9(8)20(16,17)13-11-12-4-5-19-11/h2-6H,1H3,(H,12,13)(H,14,15)/p-1. The second-order valence-electron chi connectivity index (χ2n) is 3.60. The highest BCUT2D eigenvalue weighted by Crippen LogP contribution is 2.27. The molecule has 0 saturated carbocycles. The first kappa shape index (κ1) is 14.3. The summed E-state index contributed by atoms with van der Waals surface area (Å²) in [6.45, 7) is 0. The summed E-state index contributed by atoms with van der Waals surface area (Å²) in [5, 5.41) is 12.6. The number of carboxylic acid groups (broad SMARTS) is 1. The third kappa shape index (κ3) is 2.89. The van der Waals surface area contributed by atoms with Crippen LogP contribution in [0.1, 0.15) is 10.4 Å². The number of sulfonamides is 1. The van der Waals surface area contributed by atoms with Crippen LogP contribution in [0.3, 0.4) is 0 Å². The number of aromatic nitrogens is 1. The average molecular weight is 313 g/mol. The van der Waals surface area contributed by atoms with Crippen molar-refractivity contribution in [2.75, 3.05) is 11.8 Å². The molecule has 20 heavy (non-hydrogen) atoms. The zero-order valence-electron chi connectivity index (χ0n) is 10.2. The van der Waals surface area contributed by atoms with Gasteiger partial charge in [-0.25, -0.2) is 13.4 Å². The maximum absolute atomic E-state index is 12.2. The zero-order valence-corrected chi connectivity index (χ0v) is 11.8. The minimum absolute atomic E-state index is 0.0269. The maximum atomic E-state index is 12.2. The number of carboxylic acids is 1. The van der Waals surface area contributed by atoms with Crippen LogP contribution < -0.4 is 14.6 Å². The molecule has 0 saturated heterocycles. The van der Waals surface area contributed by atoms with Crippen LogP contribution in [0.4, 0.5) is 5.13 Å². The van der Waals surface area contributed by atoms with Crippen molar-refractivity contribution in [3.05, 3.63) is 35.3 Å². The van der Waals surface area contributed by atoms with Gasteiger partial charge >= 0.3 is 0 Å². The van der Waals surface area contributed by atoms with Crippen LogP contribution in [-0.4, -0.2) is 26.5 Å². The Morgan fingerprint density at radius 3 is 2.75 bits per heavy atom. The van der Waals surface area contributed by atoms with Gasteiger partial charge in [-0.05, 0) is 23.8 Å². The molecule has 0 bridgehead atoms. The molecule has 0 aliphatic heterocycles. The summed E-state index contributed by atoms with van der Waals surface area (Å²) in [4.78, 5) is 14.3. The summed E-state index contributed by atoms with van der Waals surface area (Å²) in [6, 6.07) is 3.43. The highest BCUT2D eigenvalue weighted by atomic mass is 32.2. The van der Waals surface area contributed by atoms with Gasteiger partial charge in [0.2, 0.25) is 0 Å². The molecular formula is C11H9N2O5S2-. The molecule has 0 radical (unpaired) electrons. The molecule has 106 valence electrons. The van der Waals surface area contributed by atoms with E-state index in [1.54, 1.807) is 5.38 Å². The van der Waals surface area contributed by atoms with Crippen LogP contribution in [0, 0.1) is 0 Å². The van der Waals surface area contributed by atoms with Crippen molar-refractivity contribution in [1.29, 1.82) is 0 Å². The van der Waals surface area contributed by atoms with Crippen LogP contribution >= 0.6 is 11.3 Å². The number of nitrogens with one attached hydrogen (secondary N) is 1. The van der Waals surface area contributed by atoms with Crippen molar-refractivity contribution in [2.45, 2.75) is 4.90 Å². The largest absolute Gasteiger partial charge is 0.545 e. The van der Waals surface area contributed by atoms with Crippen molar-refractivity contribution in [3.8, 4) is 5.75 Å².